The van der Waals surface area contributed by atoms with Crippen LogP contribution in [0.4, 0.5) is 4.79 Å². The fourth-order valence-corrected chi connectivity index (χ4v) is 1.40. The van der Waals surface area contributed by atoms with E-state index in [0.29, 0.717) is 78.9 Å². The molecule has 0 bridgehead atoms. The van der Waals surface area contributed by atoms with Crippen molar-refractivity contribution >= 4 is 6.16 Å². The summed E-state index contributed by atoms with van der Waals surface area (Å²) >= 11 is 0. The van der Waals surface area contributed by atoms with Crippen molar-refractivity contribution in [1.29, 1.82) is 0 Å². The standard InChI is InChI=1S/C15H30O7/c1-3-17-11-13-19-7-5-9-21-15(16)22-10-6-8-20-14-12-18-4-2/h3-14H2,1-2H3. The van der Waals surface area contributed by atoms with Crippen LogP contribution >= 0.6 is 0 Å². The molecule has 0 spiro atoms. The van der Waals surface area contributed by atoms with Crippen LogP contribution < -0.4 is 0 Å². The smallest absolute Gasteiger partial charge is 0.434 e. The van der Waals surface area contributed by atoms with Crippen LogP contribution in [0.3, 0.4) is 0 Å². The normalized spacial score (nSPS) is 10.6. The van der Waals surface area contributed by atoms with Crippen LogP contribution in [0.15, 0.2) is 0 Å². The van der Waals surface area contributed by atoms with E-state index in [2.05, 4.69) is 0 Å². The topological polar surface area (TPSA) is 72.5 Å². The molecule has 0 N–H and O–H groups in total. The van der Waals surface area contributed by atoms with E-state index in [1.807, 2.05) is 13.8 Å². The Morgan fingerprint density at radius 2 is 1.00 bits per heavy atom. The van der Waals surface area contributed by atoms with E-state index in [0.717, 1.165) is 0 Å². The summed E-state index contributed by atoms with van der Waals surface area (Å²) in [5.74, 6) is 0. The molecule has 0 aromatic carbocycles. The maximum absolute atomic E-state index is 11.2. The van der Waals surface area contributed by atoms with Crippen molar-refractivity contribution in [2.45, 2.75) is 26.7 Å². The maximum Gasteiger partial charge on any atom is 0.508 e. The molecule has 0 aliphatic rings. The zero-order valence-electron chi connectivity index (χ0n) is 13.8. The lowest BCUT2D eigenvalue weighted by molar-refractivity contribution is 0.0225. The zero-order valence-corrected chi connectivity index (χ0v) is 13.8. The molecular formula is C15H30O7. The van der Waals surface area contributed by atoms with Gasteiger partial charge in [0.1, 0.15) is 0 Å². The predicted molar refractivity (Wildman–Crippen MR) is 81.2 cm³/mol. The summed E-state index contributed by atoms with van der Waals surface area (Å²) in [5.41, 5.74) is 0. The van der Waals surface area contributed by atoms with Gasteiger partial charge in [-0.2, -0.15) is 0 Å². The molecule has 0 amide bonds. The number of hydrogen-bond donors (Lipinski definition) is 0. The first-order chi connectivity index (χ1) is 10.8. The number of carbonyl (C=O) groups excluding carboxylic acids is 1. The molecular weight excluding hydrogens is 292 g/mol. The second-order valence-corrected chi connectivity index (χ2v) is 4.27. The highest BCUT2D eigenvalue weighted by Crippen LogP contribution is 1.92. The lowest BCUT2D eigenvalue weighted by atomic mass is 10.5. The molecule has 0 aliphatic heterocycles. The predicted octanol–water partition coefficient (Wildman–Crippen LogP) is 2.03. The summed E-state index contributed by atoms with van der Waals surface area (Å²) in [5, 5.41) is 0. The van der Waals surface area contributed by atoms with Gasteiger partial charge in [0.05, 0.1) is 39.6 Å². The highest BCUT2D eigenvalue weighted by Gasteiger charge is 2.03. The summed E-state index contributed by atoms with van der Waals surface area (Å²) in [6.45, 7) is 9.20. The third-order valence-electron chi connectivity index (χ3n) is 2.46. The van der Waals surface area contributed by atoms with Crippen molar-refractivity contribution in [3.8, 4) is 0 Å². The molecule has 0 aliphatic carbocycles. The third-order valence-corrected chi connectivity index (χ3v) is 2.46. The van der Waals surface area contributed by atoms with Gasteiger partial charge in [0.25, 0.3) is 0 Å². The van der Waals surface area contributed by atoms with Crippen molar-refractivity contribution in [3.63, 3.8) is 0 Å². The van der Waals surface area contributed by atoms with Gasteiger partial charge in [0, 0.05) is 39.3 Å². The Morgan fingerprint density at radius 1 is 0.591 bits per heavy atom. The van der Waals surface area contributed by atoms with E-state index in [1.165, 1.54) is 0 Å². The molecule has 0 unspecified atom stereocenters. The fourth-order valence-electron chi connectivity index (χ4n) is 1.40. The van der Waals surface area contributed by atoms with Crippen molar-refractivity contribution in [3.05, 3.63) is 0 Å². The minimum Gasteiger partial charge on any atom is -0.434 e. The van der Waals surface area contributed by atoms with Crippen molar-refractivity contribution in [2.75, 3.05) is 66.1 Å². The van der Waals surface area contributed by atoms with Gasteiger partial charge in [0.15, 0.2) is 0 Å². The van der Waals surface area contributed by atoms with E-state index in [4.69, 9.17) is 28.4 Å². The minimum absolute atomic E-state index is 0.290. The average molecular weight is 322 g/mol. The third kappa shape index (κ3) is 17.2. The molecule has 0 fully saturated rings. The molecule has 132 valence electrons. The van der Waals surface area contributed by atoms with Crippen LogP contribution in [0.1, 0.15) is 26.7 Å². The Hall–Kier alpha value is -0.890. The lowest BCUT2D eigenvalue weighted by Gasteiger charge is -2.07. The quantitative estimate of drug-likeness (QED) is 0.318. The second kappa shape index (κ2) is 18.2. The first-order valence-corrected chi connectivity index (χ1v) is 7.91. The monoisotopic (exact) mass is 322 g/mol. The Labute approximate surface area is 133 Å². The zero-order chi connectivity index (χ0) is 16.3. The molecule has 0 atom stereocenters. The molecule has 7 heteroatoms. The van der Waals surface area contributed by atoms with Gasteiger partial charge in [0.2, 0.25) is 0 Å². The van der Waals surface area contributed by atoms with Gasteiger partial charge in [-0.15, -0.1) is 0 Å². The van der Waals surface area contributed by atoms with Gasteiger partial charge >= 0.3 is 6.16 Å². The molecule has 0 aromatic rings. The van der Waals surface area contributed by atoms with Gasteiger partial charge in [-0.3, -0.25) is 0 Å². The number of rotatable bonds is 16. The van der Waals surface area contributed by atoms with Gasteiger partial charge < -0.3 is 28.4 Å². The summed E-state index contributed by atoms with van der Waals surface area (Å²) in [6, 6.07) is 0. The van der Waals surface area contributed by atoms with Gasteiger partial charge in [-0.05, 0) is 13.8 Å². The molecule has 0 aromatic heterocycles. The van der Waals surface area contributed by atoms with E-state index in [9.17, 15) is 4.79 Å². The molecule has 7 nitrogen and oxygen atoms in total. The average Bonchev–Trinajstić information content (AvgIpc) is 2.52. The lowest BCUT2D eigenvalue weighted by Crippen LogP contribution is -2.13. The molecule has 22 heavy (non-hydrogen) atoms. The first kappa shape index (κ1) is 21.1. The molecule has 0 saturated carbocycles. The maximum atomic E-state index is 11.2. The Bertz CT molecular complexity index is 214. The van der Waals surface area contributed by atoms with Gasteiger partial charge in [-0.25, -0.2) is 4.79 Å². The first-order valence-electron chi connectivity index (χ1n) is 7.91. The van der Waals surface area contributed by atoms with Crippen LogP contribution in [-0.4, -0.2) is 72.2 Å². The van der Waals surface area contributed by atoms with Crippen LogP contribution in [0.5, 0.6) is 0 Å². The summed E-state index contributed by atoms with van der Waals surface area (Å²) in [6.07, 6.45) is 0.632. The molecule has 0 heterocycles. The van der Waals surface area contributed by atoms with E-state index < -0.39 is 6.16 Å². The summed E-state index contributed by atoms with van der Waals surface area (Å²) in [4.78, 5) is 11.2. The number of hydrogen-bond acceptors (Lipinski definition) is 7. The Kier molecular flexibility index (Phi) is 17.4. The SMILES string of the molecule is CCOCCOCCCOC(=O)OCCCOCCOCC. The fraction of sp³-hybridized carbons (Fsp3) is 0.933. The van der Waals surface area contributed by atoms with Crippen LogP contribution in [-0.2, 0) is 28.4 Å². The van der Waals surface area contributed by atoms with Crippen molar-refractivity contribution in [2.24, 2.45) is 0 Å². The highest BCUT2D eigenvalue weighted by atomic mass is 16.7. The van der Waals surface area contributed by atoms with Gasteiger partial charge in [-0.1, -0.05) is 0 Å². The van der Waals surface area contributed by atoms with Crippen LogP contribution in [0.25, 0.3) is 0 Å². The van der Waals surface area contributed by atoms with E-state index in [-0.39, 0.29) is 0 Å². The minimum atomic E-state index is -0.649. The van der Waals surface area contributed by atoms with Crippen molar-refractivity contribution in [1.82, 2.24) is 0 Å². The number of carbonyl (C=O) groups is 1. The molecule has 0 rings (SSSR count). The highest BCUT2D eigenvalue weighted by molar-refractivity contribution is 5.59. The summed E-state index contributed by atoms with van der Waals surface area (Å²) < 4.78 is 30.6. The summed E-state index contributed by atoms with van der Waals surface area (Å²) in [7, 11) is 0. The second-order valence-electron chi connectivity index (χ2n) is 4.27. The van der Waals surface area contributed by atoms with E-state index in [1.54, 1.807) is 0 Å². The molecule has 0 radical (unpaired) electrons. The number of ether oxygens (including phenoxy) is 6. The Balaban J connectivity index is 3.13. The Morgan fingerprint density at radius 3 is 1.41 bits per heavy atom. The van der Waals surface area contributed by atoms with Crippen LogP contribution in [0.2, 0.25) is 0 Å². The van der Waals surface area contributed by atoms with Crippen LogP contribution in [0, 0.1) is 0 Å². The molecule has 0 saturated heterocycles. The largest absolute Gasteiger partial charge is 0.508 e. The van der Waals surface area contributed by atoms with Crippen molar-refractivity contribution < 1.29 is 33.2 Å². The van der Waals surface area contributed by atoms with E-state index >= 15 is 0 Å².